The van der Waals surface area contributed by atoms with Crippen molar-refractivity contribution >= 4 is 17.8 Å². The molecule has 2 N–H and O–H groups in total. The Kier molecular flexibility index (Phi) is 6.08. The summed E-state index contributed by atoms with van der Waals surface area (Å²) >= 11 is 0. The molecule has 86 valence electrons. The van der Waals surface area contributed by atoms with Crippen molar-refractivity contribution in [3.63, 3.8) is 0 Å². The van der Waals surface area contributed by atoms with Gasteiger partial charge in [-0.3, -0.25) is 9.59 Å². The quantitative estimate of drug-likeness (QED) is 0.475. The summed E-state index contributed by atoms with van der Waals surface area (Å²) in [5, 5.41) is 4.92. The van der Waals surface area contributed by atoms with Gasteiger partial charge in [-0.05, 0) is 13.8 Å². The number of esters is 1. The minimum absolute atomic E-state index is 0.0637. The normalized spacial score (nSPS) is 9.60. The molecule has 2 amide bonds. The van der Waals surface area contributed by atoms with Crippen molar-refractivity contribution in [2.45, 2.75) is 26.3 Å². The highest BCUT2D eigenvalue weighted by atomic mass is 16.5. The average molecular weight is 216 g/mol. The van der Waals surface area contributed by atoms with Gasteiger partial charge in [-0.15, -0.1) is 0 Å². The van der Waals surface area contributed by atoms with Crippen molar-refractivity contribution in [2.24, 2.45) is 0 Å². The SMILES string of the molecule is COC(=O)C(=O)NCCC(=O)NC(C)C. The molecule has 0 saturated carbocycles. The molecule has 0 aliphatic rings. The Hall–Kier alpha value is -1.59. The van der Waals surface area contributed by atoms with E-state index in [0.29, 0.717) is 0 Å². The van der Waals surface area contributed by atoms with E-state index in [2.05, 4.69) is 15.4 Å². The van der Waals surface area contributed by atoms with E-state index in [9.17, 15) is 14.4 Å². The Balaban J connectivity index is 3.66. The van der Waals surface area contributed by atoms with Crippen LogP contribution in [0.5, 0.6) is 0 Å². The average Bonchev–Trinajstić information content (AvgIpc) is 2.15. The van der Waals surface area contributed by atoms with Crippen LogP contribution >= 0.6 is 0 Å². The van der Waals surface area contributed by atoms with Gasteiger partial charge in [-0.2, -0.15) is 0 Å². The Morgan fingerprint density at radius 1 is 1.27 bits per heavy atom. The maximum atomic E-state index is 11.1. The summed E-state index contributed by atoms with van der Waals surface area (Å²) in [4.78, 5) is 32.6. The van der Waals surface area contributed by atoms with Crippen LogP contribution in [0.1, 0.15) is 20.3 Å². The van der Waals surface area contributed by atoms with Gasteiger partial charge in [0.25, 0.3) is 0 Å². The summed E-state index contributed by atoms with van der Waals surface area (Å²) < 4.78 is 4.18. The van der Waals surface area contributed by atoms with Crippen LogP contribution in [-0.2, 0) is 19.1 Å². The number of carbonyl (C=O) groups excluding carboxylic acids is 3. The molecule has 15 heavy (non-hydrogen) atoms. The zero-order valence-corrected chi connectivity index (χ0v) is 9.12. The van der Waals surface area contributed by atoms with E-state index < -0.39 is 11.9 Å². The molecule has 0 aromatic heterocycles. The van der Waals surface area contributed by atoms with Crippen molar-refractivity contribution in [3.05, 3.63) is 0 Å². The van der Waals surface area contributed by atoms with Gasteiger partial charge in [0.15, 0.2) is 0 Å². The summed E-state index contributed by atoms with van der Waals surface area (Å²) in [5.74, 6) is -1.97. The van der Waals surface area contributed by atoms with Crippen molar-refractivity contribution in [3.8, 4) is 0 Å². The fourth-order valence-corrected chi connectivity index (χ4v) is 0.849. The first kappa shape index (κ1) is 13.4. The van der Waals surface area contributed by atoms with Gasteiger partial charge in [0.05, 0.1) is 7.11 Å². The largest absolute Gasteiger partial charge is 0.462 e. The summed E-state index contributed by atoms with van der Waals surface area (Å²) in [6.45, 7) is 3.79. The Morgan fingerprint density at radius 3 is 2.33 bits per heavy atom. The first-order chi connectivity index (χ1) is 6.97. The first-order valence-corrected chi connectivity index (χ1v) is 4.63. The van der Waals surface area contributed by atoms with Crippen molar-refractivity contribution in [2.75, 3.05) is 13.7 Å². The monoisotopic (exact) mass is 216 g/mol. The molecule has 0 aromatic carbocycles. The van der Waals surface area contributed by atoms with Crippen LogP contribution in [0.25, 0.3) is 0 Å². The molecule has 0 saturated heterocycles. The number of nitrogens with one attached hydrogen (secondary N) is 2. The molecule has 0 bridgehead atoms. The molecule has 0 atom stereocenters. The van der Waals surface area contributed by atoms with E-state index in [1.807, 2.05) is 13.8 Å². The van der Waals surface area contributed by atoms with E-state index in [1.54, 1.807) is 0 Å². The van der Waals surface area contributed by atoms with Crippen LogP contribution < -0.4 is 10.6 Å². The van der Waals surface area contributed by atoms with Crippen LogP contribution in [-0.4, -0.2) is 37.5 Å². The Labute approximate surface area is 88.4 Å². The molecule has 6 heteroatoms. The number of carbonyl (C=O) groups is 3. The van der Waals surface area contributed by atoms with Gasteiger partial charge in [0.2, 0.25) is 5.91 Å². The minimum atomic E-state index is -0.959. The van der Waals surface area contributed by atoms with E-state index in [4.69, 9.17) is 0 Å². The maximum absolute atomic E-state index is 11.1. The van der Waals surface area contributed by atoms with Gasteiger partial charge in [-0.1, -0.05) is 0 Å². The minimum Gasteiger partial charge on any atom is -0.462 e. The summed E-state index contributed by atoms with van der Waals surface area (Å²) in [6, 6.07) is 0.0637. The topological polar surface area (TPSA) is 84.5 Å². The van der Waals surface area contributed by atoms with Gasteiger partial charge in [0, 0.05) is 19.0 Å². The highest BCUT2D eigenvalue weighted by Crippen LogP contribution is 1.83. The van der Waals surface area contributed by atoms with Crippen LogP contribution in [0, 0.1) is 0 Å². The van der Waals surface area contributed by atoms with E-state index in [0.717, 1.165) is 7.11 Å². The standard InChI is InChI=1S/C9H16N2O4/c1-6(2)11-7(12)4-5-10-8(13)9(14)15-3/h6H,4-5H2,1-3H3,(H,10,13)(H,11,12). The number of rotatable bonds is 4. The molecule has 0 radical (unpaired) electrons. The van der Waals surface area contributed by atoms with Gasteiger partial charge >= 0.3 is 11.9 Å². The smallest absolute Gasteiger partial charge is 0.396 e. The summed E-state index contributed by atoms with van der Waals surface area (Å²) in [5.41, 5.74) is 0. The second-order valence-corrected chi connectivity index (χ2v) is 3.22. The molecular weight excluding hydrogens is 200 g/mol. The van der Waals surface area contributed by atoms with Crippen LogP contribution in [0.15, 0.2) is 0 Å². The van der Waals surface area contributed by atoms with E-state index in [1.165, 1.54) is 0 Å². The van der Waals surface area contributed by atoms with Crippen molar-refractivity contribution in [1.29, 1.82) is 0 Å². The molecular formula is C9H16N2O4. The Bertz CT molecular complexity index is 250. The molecule has 0 spiro atoms. The molecule has 6 nitrogen and oxygen atoms in total. The van der Waals surface area contributed by atoms with Crippen molar-refractivity contribution in [1.82, 2.24) is 10.6 Å². The molecule has 0 aliphatic heterocycles. The summed E-state index contributed by atoms with van der Waals surface area (Å²) in [7, 11) is 1.12. The van der Waals surface area contributed by atoms with Crippen LogP contribution in [0.3, 0.4) is 0 Å². The van der Waals surface area contributed by atoms with Gasteiger partial charge in [0.1, 0.15) is 0 Å². The number of hydrogen-bond donors (Lipinski definition) is 2. The second kappa shape index (κ2) is 6.80. The molecule has 0 aliphatic carbocycles. The lowest BCUT2D eigenvalue weighted by Crippen LogP contribution is -2.36. The lowest BCUT2D eigenvalue weighted by Gasteiger charge is -2.08. The third kappa shape index (κ3) is 6.48. The first-order valence-electron chi connectivity index (χ1n) is 4.63. The summed E-state index contributed by atoms with van der Waals surface area (Å²) in [6.07, 6.45) is 0.140. The van der Waals surface area contributed by atoms with Crippen molar-refractivity contribution < 1.29 is 19.1 Å². The number of methoxy groups -OCH3 is 1. The number of ether oxygens (including phenoxy) is 1. The lowest BCUT2D eigenvalue weighted by atomic mass is 10.3. The van der Waals surface area contributed by atoms with Crippen LogP contribution in [0.4, 0.5) is 0 Å². The Morgan fingerprint density at radius 2 is 1.87 bits per heavy atom. The van der Waals surface area contributed by atoms with Gasteiger partial charge in [-0.25, -0.2) is 4.79 Å². The fraction of sp³-hybridized carbons (Fsp3) is 0.667. The lowest BCUT2D eigenvalue weighted by molar-refractivity contribution is -0.152. The van der Waals surface area contributed by atoms with E-state index >= 15 is 0 Å². The predicted octanol–water partition coefficient (Wildman–Crippen LogP) is -0.810. The zero-order chi connectivity index (χ0) is 11.8. The molecule has 0 fully saturated rings. The molecule has 0 rings (SSSR count). The fourth-order valence-electron chi connectivity index (χ4n) is 0.849. The highest BCUT2D eigenvalue weighted by Gasteiger charge is 2.13. The van der Waals surface area contributed by atoms with Crippen LogP contribution in [0.2, 0.25) is 0 Å². The molecule has 0 aromatic rings. The predicted molar refractivity (Wildman–Crippen MR) is 52.9 cm³/mol. The number of amides is 2. The highest BCUT2D eigenvalue weighted by molar-refractivity contribution is 6.32. The third-order valence-electron chi connectivity index (χ3n) is 1.46. The molecule has 0 heterocycles. The number of hydrogen-bond acceptors (Lipinski definition) is 4. The van der Waals surface area contributed by atoms with Gasteiger partial charge < -0.3 is 15.4 Å². The maximum Gasteiger partial charge on any atom is 0.396 e. The van der Waals surface area contributed by atoms with E-state index in [-0.39, 0.29) is 24.9 Å². The zero-order valence-electron chi connectivity index (χ0n) is 9.12. The third-order valence-corrected chi connectivity index (χ3v) is 1.46. The second-order valence-electron chi connectivity index (χ2n) is 3.22. The molecule has 0 unspecified atom stereocenters.